The van der Waals surface area contributed by atoms with Crippen LogP contribution in [0.2, 0.25) is 10.0 Å². The van der Waals surface area contributed by atoms with Crippen molar-refractivity contribution in [1.82, 2.24) is 9.97 Å². The fraction of sp³-hybridized carbons (Fsp3) is 0.0909. The van der Waals surface area contributed by atoms with E-state index in [9.17, 15) is 18.0 Å². The fourth-order valence-corrected chi connectivity index (χ4v) is 1.95. The van der Waals surface area contributed by atoms with Crippen LogP contribution in [0.1, 0.15) is 5.69 Å². The van der Waals surface area contributed by atoms with E-state index in [2.05, 4.69) is 4.98 Å². The number of H-pyrrole nitrogens is 1. The first-order chi connectivity index (χ1) is 8.77. The second-order valence-corrected chi connectivity index (χ2v) is 4.45. The fourth-order valence-electron chi connectivity index (χ4n) is 1.45. The molecule has 0 unspecified atom stereocenters. The summed E-state index contributed by atoms with van der Waals surface area (Å²) in [6, 6.07) is 4.91. The first kappa shape index (κ1) is 13.9. The third-order valence-corrected chi connectivity index (χ3v) is 2.80. The van der Waals surface area contributed by atoms with E-state index in [0.717, 1.165) is 6.07 Å². The zero-order chi connectivity index (χ0) is 14.2. The molecule has 0 radical (unpaired) electrons. The number of rotatable bonds is 1. The maximum absolute atomic E-state index is 12.6. The van der Waals surface area contributed by atoms with E-state index >= 15 is 0 Å². The SMILES string of the molecule is O=c1nc(-c2ccc(Cl)cc2Cl)cc(C(F)(F)F)[nH]1. The Bertz CT molecular complexity index is 682. The Kier molecular flexibility index (Phi) is 3.56. The highest BCUT2D eigenvalue weighted by atomic mass is 35.5. The quantitative estimate of drug-likeness (QED) is 0.871. The summed E-state index contributed by atoms with van der Waals surface area (Å²) in [6.07, 6.45) is -4.67. The first-order valence-electron chi connectivity index (χ1n) is 4.91. The van der Waals surface area contributed by atoms with Crippen molar-refractivity contribution < 1.29 is 13.2 Å². The van der Waals surface area contributed by atoms with Gasteiger partial charge in [-0.15, -0.1) is 0 Å². The van der Waals surface area contributed by atoms with Crippen molar-refractivity contribution in [3.05, 3.63) is 50.5 Å². The second kappa shape index (κ2) is 4.86. The molecule has 100 valence electrons. The summed E-state index contributed by atoms with van der Waals surface area (Å²) < 4.78 is 37.7. The van der Waals surface area contributed by atoms with Crippen LogP contribution in [0.3, 0.4) is 0 Å². The van der Waals surface area contributed by atoms with Crippen molar-refractivity contribution in [3.8, 4) is 11.3 Å². The van der Waals surface area contributed by atoms with Gasteiger partial charge in [0.2, 0.25) is 0 Å². The van der Waals surface area contributed by atoms with Crippen LogP contribution in [-0.4, -0.2) is 9.97 Å². The molecule has 0 spiro atoms. The lowest BCUT2D eigenvalue weighted by Crippen LogP contribution is -2.19. The largest absolute Gasteiger partial charge is 0.431 e. The summed E-state index contributed by atoms with van der Waals surface area (Å²) in [5, 5.41) is 0.438. The van der Waals surface area contributed by atoms with Crippen LogP contribution < -0.4 is 5.69 Å². The lowest BCUT2D eigenvalue weighted by molar-refractivity contribution is -0.141. The highest BCUT2D eigenvalue weighted by Crippen LogP contribution is 2.32. The molecular weight excluding hydrogens is 304 g/mol. The molecule has 1 heterocycles. The number of aromatic amines is 1. The van der Waals surface area contributed by atoms with E-state index in [1.165, 1.54) is 18.2 Å². The van der Waals surface area contributed by atoms with Gasteiger partial charge in [-0.3, -0.25) is 0 Å². The van der Waals surface area contributed by atoms with Gasteiger partial charge in [0, 0.05) is 10.6 Å². The van der Waals surface area contributed by atoms with Gasteiger partial charge in [-0.1, -0.05) is 23.2 Å². The zero-order valence-corrected chi connectivity index (χ0v) is 10.6. The molecule has 3 nitrogen and oxygen atoms in total. The standard InChI is InChI=1S/C11H5Cl2F3N2O/c12-5-1-2-6(7(13)3-5)8-4-9(11(14,15)16)18-10(19)17-8/h1-4H,(H,17,18,19). The third kappa shape index (κ3) is 3.08. The van der Waals surface area contributed by atoms with E-state index in [-0.39, 0.29) is 16.3 Å². The molecule has 0 amide bonds. The Morgan fingerprint density at radius 3 is 2.42 bits per heavy atom. The molecule has 1 aromatic heterocycles. The predicted molar refractivity (Wildman–Crippen MR) is 65.3 cm³/mol. The molecule has 0 saturated heterocycles. The molecule has 2 rings (SSSR count). The van der Waals surface area contributed by atoms with Crippen molar-refractivity contribution in [3.63, 3.8) is 0 Å². The van der Waals surface area contributed by atoms with Gasteiger partial charge < -0.3 is 4.98 Å². The molecule has 0 bridgehead atoms. The number of benzene rings is 1. The first-order valence-corrected chi connectivity index (χ1v) is 5.67. The minimum Gasteiger partial charge on any atom is -0.302 e. The molecule has 2 aromatic rings. The molecule has 0 aliphatic carbocycles. The van der Waals surface area contributed by atoms with E-state index in [1.807, 2.05) is 0 Å². The Morgan fingerprint density at radius 2 is 1.84 bits per heavy atom. The number of nitrogens with one attached hydrogen (secondary N) is 1. The Balaban J connectivity index is 2.63. The van der Waals surface area contributed by atoms with Gasteiger partial charge in [0.05, 0.1) is 10.7 Å². The number of nitrogens with zero attached hydrogens (tertiary/aromatic N) is 1. The Hall–Kier alpha value is -1.53. The van der Waals surface area contributed by atoms with E-state index in [4.69, 9.17) is 23.2 Å². The van der Waals surface area contributed by atoms with Crippen LogP contribution in [0.15, 0.2) is 29.1 Å². The van der Waals surface area contributed by atoms with Gasteiger partial charge in [-0.05, 0) is 24.3 Å². The van der Waals surface area contributed by atoms with E-state index in [0.29, 0.717) is 5.02 Å². The average Bonchev–Trinajstić information content (AvgIpc) is 2.26. The van der Waals surface area contributed by atoms with Gasteiger partial charge >= 0.3 is 11.9 Å². The summed E-state index contributed by atoms with van der Waals surface area (Å²) in [5.41, 5.74) is -2.26. The highest BCUT2D eigenvalue weighted by molar-refractivity contribution is 6.36. The lowest BCUT2D eigenvalue weighted by atomic mass is 10.1. The molecule has 19 heavy (non-hydrogen) atoms. The van der Waals surface area contributed by atoms with Gasteiger partial charge in [0.15, 0.2) is 0 Å². The molecule has 8 heteroatoms. The minimum absolute atomic E-state index is 0.110. The highest BCUT2D eigenvalue weighted by Gasteiger charge is 2.32. The maximum Gasteiger partial charge on any atom is 0.431 e. The smallest absolute Gasteiger partial charge is 0.302 e. The summed E-state index contributed by atoms with van der Waals surface area (Å²) in [6.45, 7) is 0. The topological polar surface area (TPSA) is 45.8 Å². The lowest BCUT2D eigenvalue weighted by Gasteiger charge is -2.08. The normalized spacial score (nSPS) is 11.6. The molecule has 1 aromatic carbocycles. The Labute approximate surface area is 115 Å². The molecule has 0 aliphatic heterocycles. The molecule has 1 N–H and O–H groups in total. The van der Waals surface area contributed by atoms with E-state index < -0.39 is 17.6 Å². The summed E-state index contributed by atoms with van der Waals surface area (Å²) in [4.78, 5) is 16.3. The molecule has 0 saturated carbocycles. The van der Waals surface area contributed by atoms with Gasteiger partial charge in [0.25, 0.3) is 0 Å². The average molecular weight is 309 g/mol. The maximum atomic E-state index is 12.6. The van der Waals surface area contributed by atoms with Crippen LogP contribution in [0.5, 0.6) is 0 Å². The number of aromatic nitrogens is 2. The van der Waals surface area contributed by atoms with Crippen LogP contribution in [0, 0.1) is 0 Å². The van der Waals surface area contributed by atoms with Gasteiger partial charge in [0.1, 0.15) is 5.69 Å². The van der Waals surface area contributed by atoms with Gasteiger partial charge in [-0.2, -0.15) is 18.2 Å². The van der Waals surface area contributed by atoms with E-state index in [1.54, 1.807) is 4.98 Å². The molecule has 0 fully saturated rings. The molecule has 0 aliphatic rings. The Morgan fingerprint density at radius 1 is 1.16 bits per heavy atom. The number of halogens is 5. The molecular formula is C11H5Cl2F3N2O. The van der Waals surface area contributed by atoms with Crippen LogP contribution in [-0.2, 0) is 6.18 Å². The van der Waals surface area contributed by atoms with Crippen molar-refractivity contribution in [2.24, 2.45) is 0 Å². The summed E-state index contributed by atoms with van der Waals surface area (Å²) >= 11 is 11.6. The molecule has 0 atom stereocenters. The minimum atomic E-state index is -4.67. The third-order valence-electron chi connectivity index (χ3n) is 2.26. The van der Waals surface area contributed by atoms with Crippen molar-refractivity contribution in [2.45, 2.75) is 6.18 Å². The van der Waals surface area contributed by atoms with Crippen LogP contribution in [0.25, 0.3) is 11.3 Å². The zero-order valence-electron chi connectivity index (χ0n) is 9.05. The van der Waals surface area contributed by atoms with Crippen LogP contribution in [0.4, 0.5) is 13.2 Å². The monoisotopic (exact) mass is 308 g/mol. The van der Waals surface area contributed by atoms with Crippen molar-refractivity contribution >= 4 is 23.2 Å². The number of hydrogen-bond acceptors (Lipinski definition) is 2. The number of alkyl halides is 3. The summed E-state index contributed by atoms with van der Waals surface area (Å²) in [7, 11) is 0. The van der Waals surface area contributed by atoms with Gasteiger partial charge in [-0.25, -0.2) is 4.79 Å². The van der Waals surface area contributed by atoms with Crippen molar-refractivity contribution in [2.75, 3.05) is 0 Å². The van der Waals surface area contributed by atoms with Crippen molar-refractivity contribution in [1.29, 1.82) is 0 Å². The second-order valence-electron chi connectivity index (χ2n) is 3.61. The van der Waals surface area contributed by atoms with Crippen LogP contribution >= 0.6 is 23.2 Å². The number of hydrogen-bond donors (Lipinski definition) is 1. The summed E-state index contributed by atoms with van der Waals surface area (Å²) in [5.74, 6) is 0. The predicted octanol–water partition coefficient (Wildman–Crippen LogP) is 3.76.